The van der Waals surface area contributed by atoms with Gasteiger partial charge in [-0.15, -0.1) is 0 Å². The lowest BCUT2D eigenvalue weighted by Gasteiger charge is -2.25. The molecule has 3 heterocycles. The van der Waals surface area contributed by atoms with Crippen LogP contribution in [-0.4, -0.2) is 21.5 Å². The fourth-order valence-corrected chi connectivity index (χ4v) is 4.16. The van der Waals surface area contributed by atoms with Gasteiger partial charge in [0.05, 0.1) is 11.7 Å². The van der Waals surface area contributed by atoms with E-state index >= 15 is 0 Å². The van der Waals surface area contributed by atoms with E-state index in [2.05, 4.69) is 56.3 Å². The highest BCUT2D eigenvalue weighted by molar-refractivity contribution is 9.10. The van der Waals surface area contributed by atoms with Crippen LogP contribution in [0.25, 0.3) is 11.3 Å². The number of unbranched alkanes of at least 4 members (excludes halogenated alkanes) is 1. The number of benzene rings is 1. The Labute approximate surface area is 179 Å². The molecule has 0 unspecified atom stereocenters. The Morgan fingerprint density at radius 2 is 1.96 bits per heavy atom. The van der Waals surface area contributed by atoms with Crippen LogP contribution in [0.5, 0.6) is 0 Å². The van der Waals surface area contributed by atoms with E-state index < -0.39 is 0 Å². The van der Waals surface area contributed by atoms with Gasteiger partial charge in [-0.05, 0) is 55.0 Å². The van der Waals surface area contributed by atoms with Gasteiger partial charge in [0, 0.05) is 22.8 Å². The number of pyridine rings is 1. The first kappa shape index (κ1) is 19.2. The third-order valence-electron chi connectivity index (χ3n) is 5.00. The average molecular weight is 456 g/mol. The SMILES string of the molecule is CCCCN1C(=S)N[C@H](c2ccccn2)[C@H]1c1ccc(-c2ccc(Br)cc2)o1. The van der Waals surface area contributed by atoms with E-state index in [-0.39, 0.29) is 12.1 Å². The zero-order valence-electron chi connectivity index (χ0n) is 15.6. The molecule has 1 aromatic carbocycles. The summed E-state index contributed by atoms with van der Waals surface area (Å²) in [6.07, 6.45) is 4.01. The molecule has 1 fully saturated rings. The maximum Gasteiger partial charge on any atom is 0.170 e. The Kier molecular flexibility index (Phi) is 5.78. The number of nitrogens with zero attached hydrogens (tertiary/aromatic N) is 2. The lowest BCUT2D eigenvalue weighted by molar-refractivity contribution is 0.271. The minimum Gasteiger partial charge on any atom is -0.459 e. The quantitative estimate of drug-likeness (QED) is 0.470. The van der Waals surface area contributed by atoms with E-state index in [1.54, 1.807) is 0 Å². The van der Waals surface area contributed by atoms with Gasteiger partial charge in [0.25, 0.3) is 0 Å². The molecule has 28 heavy (non-hydrogen) atoms. The van der Waals surface area contributed by atoms with Crippen LogP contribution >= 0.6 is 28.1 Å². The van der Waals surface area contributed by atoms with E-state index in [0.717, 1.165) is 51.7 Å². The Hall–Kier alpha value is -2.18. The molecular formula is C22H22BrN3OS. The van der Waals surface area contributed by atoms with Gasteiger partial charge in [-0.2, -0.15) is 0 Å². The van der Waals surface area contributed by atoms with Crippen molar-refractivity contribution in [1.29, 1.82) is 0 Å². The van der Waals surface area contributed by atoms with E-state index in [1.165, 1.54) is 0 Å². The molecule has 4 rings (SSSR count). The first-order valence-corrected chi connectivity index (χ1v) is 10.7. The number of furan rings is 1. The summed E-state index contributed by atoms with van der Waals surface area (Å²) in [5.74, 6) is 1.76. The van der Waals surface area contributed by atoms with Gasteiger partial charge in [-0.25, -0.2) is 0 Å². The molecule has 0 aliphatic carbocycles. The highest BCUT2D eigenvalue weighted by Gasteiger charge is 2.41. The molecule has 2 atom stereocenters. The van der Waals surface area contributed by atoms with Gasteiger partial charge >= 0.3 is 0 Å². The largest absolute Gasteiger partial charge is 0.459 e. The Morgan fingerprint density at radius 3 is 2.68 bits per heavy atom. The molecule has 0 radical (unpaired) electrons. The Balaban J connectivity index is 1.70. The van der Waals surface area contributed by atoms with Crippen LogP contribution in [0, 0.1) is 0 Å². The zero-order valence-corrected chi connectivity index (χ0v) is 18.0. The fraction of sp³-hybridized carbons (Fsp3) is 0.273. The van der Waals surface area contributed by atoms with Crippen LogP contribution in [0.4, 0.5) is 0 Å². The van der Waals surface area contributed by atoms with E-state index in [0.29, 0.717) is 0 Å². The number of hydrogen-bond acceptors (Lipinski definition) is 3. The number of aromatic nitrogens is 1. The third-order valence-corrected chi connectivity index (χ3v) is 5.88. The average Bonchev–Trinajstić information content (AvgIpc) is 3.32. The molecule has 1 aliphatic heterocycles. The van der Waals surface area contributed by atoms with Crippen molar-refractivity contribution in [1.82, 2.24) is 15.2 Å². The lowest BCUT2D eigenvalue weighted by Crippen LogP contribution is -2.30. The molecule has 144 valence electrons. The Morgan fingerprint density at radius 1 is 1.14 bits per heavy atom. The van der Waals surface area contributed by atoms with E-state index in [4.69, 9.17) is 16.6 Å². The molecule has 0 spiro atoms. The fourth-order valence-electron chi connectivity index (χ4n) is 3.56. The number of thiocarbonyl (C=S) groups is 1. The molecule has 3 aromatic rings. The smallest absolute Gasteiger partial charge is 0.170 e. The second-order valence-electron chi connectivity index (χ2n) is 6.88. The maximum absolute atomic E-state index is 6.32. The van der Waals surface area contributed by atoms with E-state index in [9.17, 15) is 0 Å². The van der Waals surface area contributed by atoms with Crippen LogP contribution in [0.15, 0.2) is 69.7 Å². The topological polar surface area (TPSA) is 41.3 Å². The number of rotatable bonds is 6. The van der Waals surface area contributed by atoms with Crippen LogP contribution in [-0.2, 0) is 0 Å². The van der Waals surface area contributed by atoms with Gasteiger partial charge in [-0.3, -0.25) is 4.98 Å². The predicted molar refractivity (Wildman–Crippen MR) is 119 cm³/mol. The molecule has 1 N–H and O–H groups in total. The van der Waals surface area contributed by atoms with Gasteiger partial charge < -0.3 is 14.6 Å². The van der Waals surface area contributed by atoms with Crippen molar-refractivity contribution in [2.45, 2.75) is 31.8 Å². The first-order chi connectivity index (χ1) is 13.7. The first-order valence-electron chi connectivity index (χ1n) is 9.51. The minimum absolute atomic E-state index is 0.0156. The summed E-state index contributed by atoms with van der Waals surface area (Å²) in [6.45, 7) is 3.08. The molecule has 0 saturated carbocycles. The molecule has 4 nitrogen and oxygen atoms in total. The summed E-state index contributed by atoms with van der Waals surface area (Å²) in [7, 11) is 0. The summed E-state index contributed by atoms with van der Waals surface area (Å²) in [4.78, 5) is 6.80. The van der Waals surface area contributed by atoms with Crippen molar-refractivity contribution in [3.05, 3.63) is 76.7 Å². The van der Waals surface area contributed by atoms with E-state index in [1.807, 2.05) is 42.6 Å². The summed E-state index contributed by atoms with van der Waals surface area (Å²) in [5, 5.41) is 4.22. The number of nitrogens with one attached hydrogen (secondary N) is 1. The minimum atomic E-state index is -0.0329. The second-order valence-corrected chi connectivity index (χ2v) is 8.18. The van der Waals surface area contributed by atoms with Crippen molar-refractivity contribution in [2.75, 3.05) is 6.54 Å². The molecule has 0 amide bonds. The van der Waals surface area contributed by atoms with Crippen molar-refractivity contribution in [3.8, 4) is 11.3 Å². The summed E-state index contributed by atoms with van der Waals surface area (Å²) < 4.78 is 7.37. The van der Waals surface area contributed by atoms with Crippen molar-refractivity contribution < 1.29 is 4.42 Å². The molecule has 2 aromatic heterocycles. The maximum atomic E-state index is 6.32. The van der Waals surface area contributed by atoms with Crippen LogP contribution in [0.1, 0.15) is 43.3 Å². The molecule has 0 bridgehead atoms. The van der Waals surface area contributed by atoms with Crippen molar-refractivity contribution in [2.24, 2.45) is 0 Å². The standard InChI is InChI=1S/C22H22BrN3OS/c1-2-3-14-26-21(20(25-22(26)28)17-6-4-5-13-24-17)19-12-11-18(27-19)15-7-9-16(23)10-8-15/h4-13,20-21H,2-3,14H2,1H3,(H,25,28)/t20-,21-/m1/s1. The van der Waals surface area contributed by atoms with Crippen LogP contribution in [0.2, 0.25) is 0 Å². The van der Waals surface area contributed by atoms with Gasteiger partial charge in [0.1, 0.15) is 17.6 Å². The van der Waals surface area contributed by atoms with Crippen LogP contribution in [0.3, 0.4) is 0 Å². The molecule has 1 aliphatic rings. The van der Waals surface area contributed by atoms with Gasteiger partial charge in [-0.1, -0.05) is 47.5 Å². The van der Waals surface area contributed by atoms with Crippen molar-refractivity contribution in [3.63, 3.8) is 0 Å². The number of halogens is 1. The lowest BCUT2D eigenvalue weighted by atomic mass is 10.0. The van der Waals surface area contributed by atoms with Gasteiger partial charge in [0.2, 0.25) is 0 Å². The zero-order chi connectivity index (χ0) is 19.5. The normalized spacial score (nSPS) is 19.1. The molecule has 1 saturated heterocycles. The highest BCUT2D eigenvalue weighted by Crippen LogP contribution is 2.40. The highest BCUT2D eigenvalue weighted by atomic mass is 79.9. The Bertz CT molecular complexity index is 942. The molecule has 6 heteroatoms. The summed E-state index contributed by atoms with van der Waals surface area (Å²) in [5.41, 5.74) is 2.02. The summed E-state index contributed by atoms with van der Waals surface area (Å²) in [6, 6.07) is 18.2. The monoisotopic (exact) mass is 455 g/mol. The third kappa shape index (κ3) is 3.84. The molecular weight excluding hydrogens is 434 g/mol. The second kappa shape index (κ2) is 8.45. The predicted octanol–water partition coefficient (Wildman–Crippen LogP) is 5.88. The van der Waals surface area contributed by atoms with Crippen LogP contribution < -0.4 is 5.32 Å². The van der Waals surface area contributed by atoms with Crippen molar-refractivity contribution >= 4 is 33.3 Å². The summed E-state index contributed by atoms with van der Waals surface area (Å²) >= 11 is 9.15. The number of hydrogen-bond donors (Lipinski definition) is 1. The van der Waals surface area contributed by atoms with Gasteiger partial charge in [0.15, 0.2) is 5.11 Å².